The monoisotopic (exact) mass is 309 g/mol. The van der Waals surface area contributed by atoms with Gasteiger partial charge in [-0.25, -0.2) is 0 Å². The van der Waals surface area contributed by atoms with E-state index in [0.717, 1.165) is 22.1 Å². The number of nitrogens with zero attached hydrogens (tertiary/aromatic N) is 1. The van der Waals surface area contributed by atoms with Crippen molar-refractivity contribution in [1.29, 1.82) is 0 Å². The van der Waals surface area contributed by atoms with E-state index in [0.29, 0.717) is 18.0 Å². The average Bonchev–Trinajstić information content (AvgIpc) is 2.56. The Morgan fingerprint density at radius 2 is 2.15 bits per heavy atom. The van der Waals surface area contributed by atoms with Crippen molar-refractivity contribution in [3.05, 3.63) is 34.3 Å². The summed E-state index contributed by atoms with van der Waals surface area (Å²) in [4.78, 5) is 16.5. The van der Waals surface area contributed by atoms with E-state index < -0.39 is 0 Å². The molecular formula is C16H20ClNOS. The first-order valence-electron chi connectivity index (χ1n) is 6.96. The third kappa shape index (κ3) is 3.64. The van der Waals surface area contributed by atoms with Crippen LogP contribution >= 0.6 is 23.4 Å². The normalized spacial score (nSPS) is 22.4. The summed E-state index contributed by atoms with van der Waals surface area (Å²) in [5.74, 6) is 1.06. The van der Waals surface area contributed by atoms with E-state index in [2.05, 4.69) is 19.9 Å². The molecule has 1 aliphatic heterocycles. The van der Waals surface area contributed by atoms with Gasteiger partial charge in [-0.05, 0) is 44.4 Å². The minimum Gasteiger partial charge on any atom is -0.299 e. The number of benzene rings is 1. The predicted octanol–water partition coefficient (Wildman–Crippen LogP) is 4.64. The summed E-state index contributed by atoms with van der Waals surface area (Å²) in [7, 11) is 0. The maximum Gasteiger partial charge on any atom is 0.143 e. The number of aliphatic imine (C=N–C) groups is 1. The molecule has 0 radical (unpaired) electrons. The molecule has 0 saturated carbocycles. The van der Waals surface area contributed by atoms with Crippen molar-refractivity contribution in [2.75, 3.05) is 5.75 Å². The van der Waals surface area contributed by atoms with Gasteiger partial charge in [0.25, 0.3) is 0 Å². The smallest absolute Gasteiger partial charge is 0.143 e. The molecule has 1 saturated heterocycles. The molecule has 0 aromatic heterocycles. The van der Waals surface area contributed by atoms with Crippen LogP contribution in [0.5, 0.6) is 0 Å². The van der Waals surface area contributed by atoms with Crippen LogP contribution in [0.15, 0.2) is 23.2 Å². The molecular weight excluding hydrogens is 290 g/mol. The van der Waals surface area contributed by atoms with Gasteiger partial charge < -0.3 is 0 Å². The summed E-state index contributed by atoms with van der Waals surface area (Å²) in [6, 6.07) is 6.24. The zero-order chi connectivity index (χ0) is 14.7. The van der Waals surface area contributed by atoms with E-state index >= 15 is 0 Å². The third-order valence-corrected chi connectivity index (χ3v) is 5.02. The molecule has 1 fully saturated rings. The third-order valence-electron chi connectivity index (χ3n) is 3.46. The van der Waals surface area contributed by atoms with Gasteiger partial charge in [-0.1, -0.05) is 23.7 Å². The Kier molecular flexibility index (Phi) is 5.28. The molecule has 1 atom stereocenters. The maximum atomic E-state index is 11.7. The molecule has 1 aromatic rings. The number of thioether (sulfide) groups is 1. The van der Waals surface area contributed by atoms with Gasteiger partial charge in [0.15, 0.2) is 0 Å². The maximum absolute atomic E-state index is 11.7. The number of carbonyl (C=O) groups is 1. The van der Waals surface area contributed by atoms with Crippen LogP contribution in [0.25, 0.3) is 0 Å². The zero-order valence-electron chi connectivity index (χ0n) is 12.1. The topological polar surface area (TPSA) is 29.4 Å². The second-order valence-electron chi connectivity index (χ2n) is 5.43. The summed E-state index contributed by atoms with van der Waals surface area (Å²) < 4.78 is 0. The SMILES string of the molecule is Cc1c(Cl)cccc1C1CCC(=O)CSC1=NC(C)C. The van der Waals surface area contributed by atoms with Gasteiger partial charge in [-0.15, -0.1) is 11.8 Å². The van der Waals surface area contributed by atoms with Gasteiger partial charge >= 0.3 is 0 Å². The molecule has 0 N–H and O–H groups in total. The number of halogens is 1. The fourth-order valence-corrected chi connectivity index (χ4v) is 3.79. The Hall–Kier alpha value is -0.800. The van der Waals surface area contributed by atoms with E-state index in [1.54, 1.807) is 11.8 Å². The van der Waals surface area contributed by atoms with E-state index in [-0.39, 0.29) is 12.0 Å². The van der Waals surface area contributed by atoms with Gasteiger partial charge in [-0.3, -0.25) is 9.79 Å². The van der Waals surface area contributed by atoms with Crippen LogP contribution in [0.2, 0.25) is 5.02 Å². The molecule has 1 unspecified atom stereocenters. The van der Waals surface area contributed by atoms with Crippen LogP contribution in [0.1, 0.15) is 43.7 Å². The Labute approximate surface area is 130 Å². The minimum atomic E-state index is 0.201. The fourth-order valence-electron chi connectivity index (χ4n) is 2.43. The second kappa shape index (κ2) is 6.77. The lowest BCUT2D eigenvalue weighted by Gasteiger charge is -2.20. The van der Waals surface area contributed by atoms with Crippen molar-refractivity contribution in [1.82, 2.24) is 0 Å². The van der Waals surface area contributed by atoms with Crippen LogP contribution in [0.4, 0.5) is 0 Å². The standard InChI is InChI=1S/C16H20ClNOS/c1-10(2)18-16-14(8-7-12(19)9-20-16)13-5-4-6-15(17)11(13)3/h4-6,10,14H,7-9H2,1-3H3. The summed E-state index contributed by atoms with van der Waals surface area (Å²) in [6.07, 6.45) is 1.46. The molecule has 0 amide bonds. The van der Waals surface area contributed by atoms with Crippen LogP contribution in [-0.4, -0.2) is 22.6 Å². The van der Waals surface area contributed by atoms with Crippen molar-refractivity contribution < 1.29 is 4.79 Å². The molecule has 0 bridgehead atoms. The zero-order valence-corrected chi connectivity index (χ0v) is 13.7. The fraction of sp³-hybridized carbons (Fsp3) is 0.500. The van der Waals surface area contributed by atoms with Gasteiger partial charge in [-0.2, -0.15) is 0 Å². The first-order valence-corrected chi connectivity index (χ1v) is 8.32. The summed E-state index contributed by atoms with van der Waals surface area (Å²) in [5.41, 5.74) is 2.31. The minimum absolute atomic E-state index is 0.201. The predicted molar refractivity (Wildman–Crippen MR) is 88.2 cm³/mol. The van der Waals surface area contributed by atoms with Gasteiger partial charge in [0.1, 0.15) is 5.78 Å². The quantitative estimate of drug-likeness (QED) is 0.796. The van der Waals surface area contributed by atoms with Crippen LogP contribution in [0, 0.1) is 6.92 Å². The lowest BCUT2D eigenvalue weighted by Crippen LogP contribution is -2.12. The van der Waals surface area contributed by atoms with Crippen LogP contribution in [-0.2, 0) is 4.79 Å². The average molecular weight is 310 g/mol. The second-order valence-corrected chi connectivity index (χ2v) is 6.84. The van der Waals surface area contributed by atoms with Gasteiger partial charge in [0.05, 0.1) is 10.8 Å². The molecule has 108 valence electrons. The number of Topliss-reactive ketones (excluding diaryl/α,β-unsaturated/α-hetero) is 1. The number of hydrogen-bond donors (Lipinski definition) is 0. The van der Waals surface area contributed by atoms with Gasteiger partial charge in [0, 0.05) is 23.4 Å². The molecule has 0 spiro atoms. The Morgan fingerprint density at radius 1 is 1.40 bits per heavy atom. The van der Waals surface area contributed by atoms with Crippen LogP contribution < -0.4 is 0 Å². The van der Waals surface area contributed by atoms with E-state index in [4.69, 9.17) is 16.6 Å². The number of rotatable bonds is 2. The Morgan fingerprint density at radius 3 is 2.85 bits per heavy atom. The molecule has 4 heteroatoms. The summed E-state index contributed by atoms with van der Waals surface area (Å²) >= 11 is 7.84. The molecule has 1 heterocycles. The van der Waals surface area contributed by atoms with E-state index in [9.17, 15) is 4.79 Å². The van der Waals surface area contributed by atoms with Crippen molar-refractivity contribution >= 4 is 34.2 Å². The number of carbonyl (C=O) groups excluding carboxylic acids is 1. The van der Waals surface area contributed by atoms with E-state index in [1.165, 1.54) is 5.56 Å². The highest BCUT2D eigenvalue weighted by Gasteiger charge is 2.26. The van der Waals surface area contributed by atoms with E-state index in [1.807, 2.05) is 19.1 Å². The molecule has 1 aromatic carbocycles. The van der Waals surface area contributed by atoms with Gasteiger partial charge in [0.2, 0.25) is 0 Å². The Bertz CT molecular complexity index is 539. The van der Waals surface area contributed by atoms with Crippen molar-refractivity contribution in [2.45, 2.75) is 45.6 Å². The molecule has 1 aliphatic rings. The van der Waals surface area contributed by atoms with Crippen molar-refractivity contribution in [2.24, 2.45) is 4.99 Å². The lowest BCUT2D eigenvalue weighted by molar-refractivity contribution is -0.116. The van der Waals surface area contributed by atoms with Crippen LogP contribution in [0.3, 0.4) is 0 Å². The van der Waals surface area contributed by atoms with Crippen molar-refractivity contribution in [3.63, 3.8) is 0 Å². The number of hydrogen-bond acceptors (Lipinski definition) is 3. The molecule has 20 heavy (non-hydrogen) atoms. The van der Waals surface area contributed by atoms with Crippen molar-refractivity contribution in [3.8, 4) is 0 Å². The Balaban J connectivity index is 2.43. The largest absolute Gasteiger partial charge is 0.299 e. The molecule has 2 rings (SSSR count). The molecule has 2 nitrogen and oxygen atoms in total. The lowest BCUT2D eigenvalue weighted by atomic mass is 9.91. The molecule has 0 aliphatic carbocycles. The number of ketones is 1. The highest BCUT2D eigenvalue weighted by molar-refractivity contribution is 8.14. The summed E-state index contributed by atoms with van der Waals surface area (Å²) in [5, 5.41) is 1.86. The highest BCUT2D eigenvalue weighted by atomic mass is 35.5. The summed E-state index contributed by atoms with van der Waals surface area (Å²) in [6.45, 7) is 6.19. The highest BCUT2D eigenvalue weighted by Crippen LogP contribution is 2.35. The first kappa shape index (κ1) is 15.6. The first-order chi connectivity index (χ1) is 9.49.